The second-order valence-corrected chi connectivity index (χ2v) is 9.69. The van der Waals surface area contributed by atoms with Crippen LogP contribution in [0, 0.1) is 11.7 Å². The summed E-state index contributed by atoms with van der Waals surface area (Å²) in [6, 6.07) is 20.1. The highest BCUT2D eigenvalue weighted by atomic mass is 19.1. The molecule has 2 aromatic carbocycles. The summed E-state index contributed by atoms with van der Waals surface area (Å²) >= 11 is 0. The lowest BCUT2D eigenvalue weighted by molar-refractivity contribution is 0.179. The normalized spacial score (nSPS) is 22.1. The van der Waals surface area contributed by atoms with Gasteiger partial charge in [0.25, 0.3) is 0 Å². The Morgan fingerprint density at radius 2 is 1.82 bits per heavy atom. The first-order chi connectivity index (χ1) is 16.2. The highest BCUT2D eigenvalue weighted by Crippen LogP contribution is 2.33. The summed E-state index contributed by atoms with van der Waals surface area (Å²) in [5, 5.41) is 8.46. The van der Waals surface area contributed by atoms with E-state index < -0.39 is 0 Å². The molecule has 4 nitrogen and oxygen atoms in total. The number of aryl methyl sites for hydroxylation is 1. The lowest BCUT2D eigenvalue weighted by atomic mass is 9.87. The average Bonchev–Trinajstić information content (AvgIpc) is 3.47. The Hall–Kier alpha value is -2.50. The summed E-state index contributed by atoms with van der Waals surface area (Å²) in [4.78, 5) is 2.62. The summed E-state index contributed by atoms with van der Waals surface area (Å²) in [6.07, 6.45) is 3.26. The standard InChI is InChI=1S/C28H35FN4/c1-2-33-28(17-26(31-33)15-21-7-4-3-5-8-21)22-11-13-32(14-12-22)20-24-18-30-19-27(24)23-9-6-10-25(29)16-23/h3-10,16-17,22,24,27,30H,2,11-15,18-20H2,1H3/t24-,27+/m0/s1. The second kappa shape index (κ2) is 10.2. The van der Waals surface area contributed by atoms with E-state index >= 15 is 0 Å². The Kier molecular flexibility index (Phi) is 6.88. The van der Waals surface area contributed by atoms with Gasteiger partial charge in [0, 0.05) is 43.6 Å². The largest absolute Gasteiger partial charge is 0.316 e. The van der Waals surface area contributed by atoms with E-state index in [1.54, 1.807) is 6.07 Å². The van der Waals surface area contributed by atoms with Gasteiger partial charge in [-0.25, -0.2) is 4.39 Å². The van der Waals surface area contributed by atoms with Crippen molar-refractivity contribution in [2.75, 3.05) is 32.7 Å². The van der Waals surface area contributed by atoms with Crippen LogP contribution in [0.15, 0.2) is 60.7 Å². The molecule has 0 aliphatic carbocycles. The summed E-state index contributed by atoms with van der Waals surface area (Å²) in [7, 11) is 0. The fraction of sp³-hybridized carbons (Fsp3) is 0.464. The van der Waals surface area contributed by atoms with Gasteiger partial charge in [0.2, 0.25) is 0 Å². The zero-order valence-electron chi connectivity index (χ0n) is 19.6. The Morgan fingerprint density at radius 1 is 1.00 bits per heavy atom. The fourth-order valence-electron chi connectivity index (χ4n) is 5.76. The number of rotatable bonds is 7. The van der Waals surface area contributed by atoms with Crippen molar-refractivity contribution < 1.29 is 4.39 Å². The second-order valence-electron chi connectivity index (χ2n) is 9.69. The Bertz CT molecular complexity index is 1040. The summed E-state index contributed by atoms with van der Waals surface area (Å²) < 4.78 is 16.0. The van der Waals surface area contributed by atoms with Gasteiger partial charge >= 0.3 is 0 Å². The van der Waals surface area contributed by atoms with Crippen molar-refractivity contribution in [2.24, 2.45) is 5.92 Å². The average molecular weight is 447 g/mol. The van der Waals surface area contributed by atoms with Crippen LogP contribution in [0.3, 0.4) is 0 Å². The minimum absolute atomic E-state index is 0.127. The molecule has 0 radical (unpaired) electrons. The number of halogens is 1. The predicted molar refractivity (Wildman–Crippen MR) is 131 cm³/mol. The number of aromatic nitrogens is 2. The Balaban J connectivity index is 1.20. The first kappa shape index (κ1) is 22.3. The first-order valence-corrected chi connectivity index (χ1v) is 12.5. The maximum absolute atomic E-state index is 13.8. The Morgan fingerprint density at radius 3 is 2.58 bits per heavy atom. The van der Waals surface area contributed by atoms with Gasteiger partial charge in [-0.3, -0.25) is 4.68 Å². The number of nitrogens with zero attached hydrogens (tertiary/aromatic N) is 3. The van der Waals surface area contributed by atoms with Crippen molar-refractivity contribution >= 4 is 0 Å². The van der Waals surface area contributed by atoms with Gasteiger partial charge in [-0.2, -0.15) is 5.10 Å². The van der Waals surface area contributed by atoms with Gasteiger partial charge in [-0.05, 0) is 74.6 Å². The topological polar surface area (TPSA) is 33.1 Å². The van der Waals surface area contributed by atoms with Crippen LogP contribution in [0.1, 0.15) is 54.1 Å². The van der Waals surface area contributed by atoms with E-state index in [1.807, 2.05) is 6.07 Å². The van der Waals surface area contributed by atoms with E-state index in [0.29, 0.717) is 17.8 Å². The quantitative estimate of drug-likeness (QED) is 0.565. The van der Waals surface area contributed by atoms with Crippen LogP contribution < -0.4 is 5.32 Å². The molecule has 1 N–H and O–H groups in total. The molecule has 33 heavy (non-hydrogen) atoms. The number of benzene rings is 2. The van der Waals surface area contributed by atoms with Gasteiger partial charge in [-0.15, -0.1) is 0 Å². The molecular formula is C28H35FN4. The smallest absolute Gasteiger partial charge is 0.123 e. The van der Waals surface area contributed by atoms with Crippen LogP contribution in [0.5, 0.6) is 0 Å². The van der Waals surface area contributed by atoms with E-state index in [1.165, 1.54) is 35.9 Å². The minimum Gasteiger partial charge on any atom is -0.316 e. The lowest BCUT2D eigenvalue weighted by Crippen LogP contribution is -2.38. The van der Waals surface area contributed by atoms with Crippen LogP contribution in [0.4, 0.5) is 4.39 Å². The van der Waals surface area contributed by atoms with Gasteiger partial charge in [0.05, 0.1) is 5.69 Å². The molecule has 0 spiro atoms. The van der Waals surface area contributed by atoms with E-state index in [4.69, 9.17) is 5.10 Å². The van der Waals surface area contributed by atoms with Crippen LogP contribution in [-0.4, -0.2) is 47.4 Å². The molecule has 2 saturated heterocycles. The maximum Gasteiger partial charge on any atom is 0.123 e. The van der Waals surface area contributed by atoms with Gasteiger partial charge in [0.15, 0.2) is 0 Å². The van der Waals surface area contributed by atoms with Crippen LogP contribution >= 0.6 is 0 Å². The molecule has 0 bridgehead atoms. The zero-order chi connectivity index (χ0) is 22.6. The number of piperidine rings is 1. The van der Waals surface area contributed by atoms with Crippen molar-refractivity contribution in [1.82, 2.24) is 20.0 Å². The highest BCUT2D eigenvalue weighted by Gasteiger charge is 2.32. The highest BCUT2D eigenvalue weighted by molar-refractivity contribution is 5.25. The van der Waals surface area contributed by atoms with Crippen LogP contribution in [0.25, 0.3) is 0 Å². The molecular weight excluding hydrogens is 411 g/mol. The summed E-state index contributed by atoms with van der Waals surface area (Å²) in [5.74, 6) is 1.40. The molecule has 5 rings (SSSR count). The Labute approximate surface area is 196 Å². The summed E-state index contributed by atoms with van der Waals surface area (Å²) in [5.41, 5.74) is 5.04. The molecule has 0 unspecified atom stereocenters. The van der Waals surface area contributed by atoms with Crippen molar-refractivity contribution in [1.29, 1.82) is 0 Å². The summed E-state index contributed by atoms with van der Waals surface area (Å²) in [6.45, 7) is 8.43. The van der Waals surface area contributed by atoms with E-state index in [9.17, 15) is 4.39 Å². The molecule has 3 heterocycles. The van der Waals surface area contributed by atoms with Gasteiger partial charge in [0.1, 0.15) is 5.82 Å². The van der Waals surface area contributed by atoms with Gasteiger partial charge < -0.3 is 10.2 Å². The van der Waals surface area contributed by atoms with Crippen molar-refractivity contribution in [2.45, 2.75) is 44.6 Å². The molecule has 2 atom stereocenters. The molecule has 0 saturated carbocycles. The number of hydrogen-bond donors (Lipinski definition) is 1. The molecule has 0 amide bonds. The SMILES string of the molecule is CCn1nc(Cc2ccccc2)cc1C1CCN(C[C@@H]2CNC[C@@H]2c2cccc(F)c2)CC1. The molecule has 2 fully saturated rings. The third kappa shape index (κ3) is 5.20. The molecule has 2 aliphatic heterocycles. The van der Waals surface area contributed by atoms with Gasteiger partial charge in [-0.1, -0.05) is 42.5 Å². The van der Waals surface area contributed by atoms with E-state index in [2.05, 4.69) is 64.3 Å². The molecule has 5 heteroatoms. The number of nitrogens with one attached hydrogen (secondary N) is 1. The molecule has 174 valence electrons. The predicted octanol–water partition coefficient (Wildman–Crippen LogP) is 4.82. The third-order valence-electron chi connectivity index (χ3n) is 7.50. The van der Waals surface area contributed by atoms with E-state index in [-0.39, 0.29) is 5.82 Å². The maximum atomic E-state index is 13.8. The van der Waals surface area contributed by atoms with E-state index in [0.717, 1.165) is 51.3 Å². The number of likely N-dealkylation sites (tertiary alicyclic amines) is 1. The third-order valence-corrected chi connectivity index (χ3v) is 7.50. The monoisotopic (exact) mass is 446 g/mol. The minimum atomic E-state index is -0.127. The van der Waals surface area contributed by atoms with Crippen LogP contribution in [-0.2, 0) is 13.0 Å². The van der Waals surface area contributed by atoms with Crippen LogP contribution in [0.2, 0.25) is 0 Å². The molecule has 1 aromatic heterocycles. The van der Waals surface area contributed by atoms with Crippen molar-refractivity contribution in [3.8, 4) is 0 Å². The lowest BCUT2D eigenvalue weighted by Gasteiger charge is -2.34. The van der Waals surface area contributed by atoms with Crippen molar-refractivity contribution in [3.63, 3.8) is 0 Å². The molecule has 2 aliphatic rings. The van der Waals surface area contributed by atoms with Crippen molar-refractivity contribution in [3.05, 3.63) is 89.0 Å². The molecule has 3 aromatic rings. The number of hydrogen-bond acceptors (Lipinski definition) is 3. The fourth-order valence-corrected chi connectivity index (χ4v) is 5.76. The zero-order valence-corrected chi connectivity index (χ0v) is 19.6. The first-order valence-electron chi connectivity index (χ1n) is 12.5.